The van der Waals surface area contributed by atoms with E-state index in [1.807, 2.05) is 0 Å². The maximum Gasteiger partial charge on any atom is 0.187 e. The van der Waals surface area contributed by atoms with Gasteiger partial charge in [-0.25, -0.2) is 0 Å². The van der Waals surface area contributed by atoms with Crippen molar-refractivity contribution in [2.75, 3.05) is 0 Å². The Hall–Kier alpha value is 7.51. The van der Waals surface area contributed by atoms with Gasteiger partial charge in [0.15, 0.2) is 69.4 Å². The first-order valence-electron chi connectivity index (χ1n) is 0. The summed E-state index contributed by atoms with van der Waals surface area (Å²) in [5.74, 6) is 0. The fourth-order valence-electron chi connectivity index (χ4n) is 0. The van der Waals surface area contributed by atoms with Crippen molar-refractivity contribution in [2.45, 2.75) is 0 Å². The molecule has 0 aromatic rings. The van der Waals surface area contributed by atoms with Crippen LogP contribution in [0.4, 0.5) is 0 Å². The van der Waals surface area contributed by atoms with Crippen molar-refractivity contribution in [2.24, 2.45) is 0 Å². The van der Waals surface area contributed by atoms with Crippen LogP contribution in [0.2, 0.25) is 0 Å². The third kappa shape index (κ3) is 106. The quantitative estimate of drug-likeness (QED) is 0.327. The van der Waals surface area contributed by atoms with Crippen LogP contribution in [0.3, 0.4) is 0 Å². The Balaban J connectivity index is 0. The van der Waals surface area contributed by atoms with Crippen LogP contribution in [-0.4, -0.2) is 239 Å². The molecule has 0 nitrogen and oxygen atoms in total. The smallest absolute Gasteiger partial charge is 0 e. The molecule has 0 aliphatic rings. The Bertz CT molecular complexity index is 11.6. The summed E-state index contributed by atoms with van der Waals surface area (Å²) in [7, 11) is 0. The Kier molecular flexibility index (Phi) is 1260. The second-order valence-electron chi connectivity index (χ2n) is 0. The first kappa shape index (κ1) is 138. The molecule has 0 bridgehead atoms. The molecular weight excluding hydrogens is 170 g/mol. The molecular formula is H12Al4Li9. The Morgan fingerprint density at radius 2 is 0.154 bits per heavy atom. The van der Waals surface area contributed by atoms with Crippen LogP contribution < -0.4 is 0 Å². The van der Waals surface area contributed by atoms with Gasteiger partial charge < -0.3 is 0 Å². The second-order valence-corrected chi connectivity index (χ2v) is 0. The SMILES string of the molecule is [AlH3].[AlH3].[AlH3].[AlH3].[Li].[Li].[Li].[Li].[Li].[Li].[Li].[Li].[Li]. The summed E-state index contributed by atoms with van der Waals surface area (Å²) in [5, 5.41) is 0. The number of hydrogen-bond donors (Lipinski definition) is 0. The zero-order valence-corrected chi connectivity index (χ0v) is 9.00. The van der Waals surface area contributed by atoms with E-state index in [4.69, 9.17) is 0 Å². The summed E-state index contributed by atoms with van der Waals surface area (Å²) in [4.78, 5) is 0. The zero-order chi connectivity index (χ0) is 0. The van der Waals surface area contributed by atoms with Crippen molar-refractivity contribution >= 4 is 239 Å². The molecule has 0 saturated carbocycles. The molecule has 0 aliphatic heterocycles. The van der Waals surface area contributed by atoms with Gasteiger partial charge in [0, 0.05) is 170 Å². The molecule has 0 fully saturated rings. The molecule has 0 N–H and O–H groups in total. The number of rotatable bonds is 0. The van der Waals surface area contributed by atoms with Gasteiger partial charge in [-0.3, -0.25) is 0 Å². The van der Waals surface area contributed by atoms with E-state index in [9.17, 15) is 0 Å². The van der Waals surface area contributed by atoms with Gasteiger partial charge in [0.1, 0.15) is 0 Å². The fraction of sp³-hybridized carbons (Fsp3) is 0. The summed E-state index contributed by atoms with van der Waals surface area (Å²) in [5.41, 5.74) is 0. The minimum absolute atomic E-state index is 0. The van der Waals surface area contributed by atoms with Crippen LogP contribution >= 0.6 is 0 Å². The summed E-state index contributed by atoms with van der Waals surface area (Å²) < 4.78 is 0. The standard InChI is InChI=1S/4Al.9Li.12H. The van der Waals surface area contributed by atoms with E-state index in [2.05, 4.69) is 0 Å². The van der Waals surface area contributed by atoms with E-state index in [1.165, 1.54) is 0 Å². The van der Waals surface area contributed by atoms with Crippen LogP contribution in [-0.2, 0) is 0 Å². The number of hydrogen-bond acceptors (Lipinski definition) is 0. The van der Waals surface area contributed by atoms with Gasteiger partial charge in [0.2, 0.25) is 0 Å². The topological polar surface area (TPSA) is 0 Å². The molecule has 0 aliphatic carbocycles. The van der Waals surface area contributed by atoms with Crippen LogP contribution in [0.25, 0.3) is 0 Å². The summed E-state index contributed by atoms with van der Waals surface area (Å²) in [6.45, 7) is 0. The Morgan fingerprint density at radius 3 is 0.154 bits per heavy atom. The molecule has 13 heavy (non-hydrogen) atoms. The molecule has 9 radical (unpaired) electrons. The van der Waals surface area contributed by atoms with Gasteiger partial charge in [0.25, 0.3) is 0 Å². The molecule has 33 valence electrons. The van der Waals surface area contributed by atoms with E-state index >= 15 is 0 Å². The van der Waals surface area contributed by atoms with E-state index in [1.54, 1.807) is 0 Å². The summed E-state index contributed by atoms with van der Waals surface area (Å²) in [6, 6.07) is 0. The van der Waals surface area contributed by atoms with E-state index in [0.717, 1.165) is 0 Å². The average molecular weight is 182 g/mol. The minimum Gasteiger partial charge on any atom is 0 e. The van der Waals surface area contributed by atoms with Crippen LogP contribution in [0.15, 0.2) is 0 Å². The van der Waals surface area contributed by atoms with Crippen molar-refractivity contribution in [1.29, 1.82) is 0 Å². The second kappa shape index (κ2) is 119. The van der Waals surface area contributed by atoms with Crippen molar-refractivity contribution in [3.8, 4) is 0 Å². The van der Waals surface area contributed by atoms with Crippen molar-refractivity contribution in [1.82, 2.24) is 0 Å². The van der Waals surface area contributed by atoms with Gasteiger partial charge in [-0.15, -0.1) is 0 Å². The van der Waals surface area contributed by atoms with Crippen molar-refractivity contribution in [3.63, 3.8) is 0 Å². The molecule has 0 spiro atoms. The summed E-state index contributed by atoms with van der Waals surface area (Å²) >= 11 is 0. The fourth-order valence-corrected chi connectivity index (χ4v) is 0. The third-order valence-electron chi connectivity index (χ3n) is 0. The zero-order valence-electron chi connectivity index (χ0n) is 9.00. The van der Waals surface area contributed by atoms with Crippen LogP contribution in [0, 0.1) is 0 Å². The van der Waals surface area contributed by atoms with Gasteiger partial charge in [-0.2, -0.15) is 0 Å². The van der Waals surface area contributed by atoms with Crippen LogP contribution in [0.1, 0.15) is 0 Å². The van der Waals surface area contributed by atoms with Gasteiger partial charge in [0.05, 0.1) is 0 Å². The molecule has 0 rings (SSSR count). The minimum atomic E-state index is 0. The van der Waals surface area contributed by atoms with Gasteiger partial charge in [-0.1, -0.05) is 0 Å². The molecule has 0 amide bonds. The molecule has 0 heterocycles. The van der Waals surface area contributed by atoms with Crippen molar-refractivity contribution in [3.05, 3.63) is 0 Å². The molecule has 0 saturated heterocycles. The van der Waals surface area contributed by atoms with Gasteiger partial charge >= 0.3 is 0 Å². The maximum absolute atomic E-state index is 0. The van der Waals surface area contributed by atoms with E-state index in [0.29, 0.717) is 0 Å². The first-order chi connectivity index (χ1) is 0. The van der Waals surface area contributed by atoms with Crippen molar-refractivity contribution < 1.29 is 0 Å². The van der Waals surface area contributed by atoms with Crippen LogP contribution in [0.5, 0.6) is 0 Å². The molecule has 0 unspecified atom stereocenters. The Morgan fingerprint density at radius 1 is 0.154 bits per heavy atom. The normalized spacial score (nSPS) is 0. The molecule has 0 aromatic carbocycles. The summed E-state index contributed by atoms with van der Waals surface area (Å²) in [6.07, 6.45) is 0. The molecule has 0 atom stereocenters. The molecule has 13 heteroatoms. The molecule has 0 aromatic heterocycles. The monoisotopic (exact) mass is 183 g/mol. The average Bonchev–Trinajstić information content (AvgIpc) is 0. The predicted octanol–water partition coefficient (Wildman–Crippen LogP) is -8.16. The first-order valence-corrected chi connectivity index (χ1v) is 0. The third-order valence-corrected chi connectivity index (χ3v) is 0. The van der Waals surface area contributed by atoms with Gasteiger partial charge in [-0.05, 0) is 0 Å². The maximum atomic E-state index is 0. The Labute approximate surface area is 234 Å². The van der Waals surface area contributed by atoms with E-state index < -0.39 is 0 Å². The largest absolute Gasteiger partial charge is 0.187 e. The predicted molar refractivity (Wildman–Crippen MR) is 91.5 cm³/mol. The van der Waals surface area contributed by atoms with E-state index in [-0.39, 0.29) is 239 Å².